The maximum atomic E-state index is 11.3. The van der Waals surface area contributed by atoms with Gasteiger partial charge in [0.25, 0.3) is 0 Å². The van der Waals surface area contributed by atoms with Gasteiger partial charge in [0.15, 0.2) is 0 Å². The first-order chi connectivity index (χ1) is 7.99. The molecule has 17 heavy (non-hydrogen) atoms. The first-order valence-corrected chi connectivity index (χ1v) is 5.00. The maximum absolute atomic E-state index is 11.3. The molecule has 1 heterocycles. The van der Waals surface area contributed by atoms with E-state index in [1.165, 1.54) is 20.3 Å². The topological polar surface area (TPSA) is 91.8 Å². The van der Waals surface area contributed by atoms with Crippen LogP contribution in [0.2, 0.25) is 0 Å². The average molecular weight is 241 g/mol. The monoisotopic (exact) mass is 241 g/mol. The van der Waals surface area contributed by atoms with Crippen molar-refractivity contribution in [3.8, 4) is 0 Å². The Morgan fingerprint density at radius 2 is 2.06 bits per heavy atom. The van der Waals surface area contributed by atoms with Crippen LogP contribution in [-0.4, -0.2) is 32.2 Å². The van der Waals surface area contributed by atoms with E-state index in [2.05, 4.69) is 9.47 Å². The number of nitrogens with two attached hydrogens (primary N) is 1. The van der Waals surface area contributed by atoms with Gasteiger partial charge in [0.1, 0.15) is 23.1 Å². The summed E-state index contributed by atoms with van der Waals surface area (Å²) in [5.41, 5.74) is 5.91. The number of hydrogen-bond acceptors (Lipinski definition) is 6. The predicted octanol–water partition coefficient (Wildman–Crippen LogP) is 0.417. The van der Waals surface area contributed by atoms with Gasteiger partial charge in [0, 0.05) is 6.42 Å². The van der Waals surface area contributed by atoms with E-state index < -0.39 is 18.0 Å². The number of furan rings is 1. The number of carbonyl (C=O) groups is 2. The van der Waals surface area contributed by atoms with Crippen LogP contribution >= 0.6 is 0 Å². The van der Waals surface area contributed by atoms with Crippen molar-refractivity contribution in [2.24, 2.45) is 5.73 Å². The normalized spacial score (nSPS) is 12.0. The Bertz CT molecular complexity index is 423. The van der Waals surface area contributed by atoms with Crippen molar-refractivity contribution >= 4 is 11.9 Å². The van der Waals surface area contributed by atoms with E-state index in [-0.39, 0.29) is 6.42 Å². The first kappa shape index (κ1) is 13.2. The minimum absolute atomic E-state index is 0.171. The summed E-state index contributed by atoms with van der Waals surface area (Å²) < 4.78 is 14.4. The molecule has 0 aliphatic carbocycles. The number of ether oxygens (including phenoxy) is 2. The van der Waals surface area contributed by atoms with Crippen molar-refractivity contribution < 1.29 is 23.5 Å². The Morgan fingerprint density at radius 3 is 2.59 bits per heavy atom. The third kappa shape index (κ3) is 3.07. The van der Waals surface area contributed by atoms with E-state index in [1.807, 2.05) is 0 Å². The Balaban J connectivity index is 2.80. The molecule has 0 aromatic carbocycles. The highest BCUT2D eigenvalue weighted by Crippen LogP contribution is 2.16. The van der Waals surface area contributed by atoms with Gasteiger partial charge in [-0.05, 0) is 13.0 Å². The third-order valence-electron chi connectivity index (χ3n) is 2.30. The molecular formula is C11H15NO5. The number of rotatable bonds is 4. The van der Waals surface area contributed by atoms with E-state index in [9.17, 15) is 9.59 Å². The fourth-order valence-corrected chi connectivity index (χ4v) is 1.41. The van der Waals surface area contributed by atoms with Crippen LogP contribution in [0.5, 0.6) is 0 Å². The molecule has 1 unspecified atom stereocenters. The van der Waals surface area contributed by atoms with E-state index in [4.69, 9.17) is 10.2 Å². The molecule has 2 N–H and O–H groups in total. The maximum Gasteiger partial charge on any atom is 0.341 e. The van der Waals surface area contributed by atoms with Crippen LogP contribution in [0.1, 0.15) is 21.9 Å². The first-order valence-electron chi connectivity index (χ1n) is 5.00. The predicted molar refractivity (Wildman–Crippen MR) is 58.5 cm³/mol. The minimum atomic E-state index is -0.809. The highest BCUT2D eigenvalue weighted by molar-refractivity contribution is 5.90. The summed E-state index contributed by atoms with van der Waals surface area (Å²) in [6, 6.07) is 0.709. The second-order valence-electron chi connectivity index (χ2n) is 3.51. The van der Waals surface area contributed by atoms with Gasteiger partial charge in [-0.25, -0.2) is 4.79 Å². The third-order valence-corrected chi connectivity index (χ3v) is 2.30. The summed E-state index contributed by atoms with van der Waals surface area (Å²) in [5.74, 6) is -0.132. The number of aryl methyl sites for hydroxylation is 1. The lowest BCUT2D eigenvalue weighted by Crippen LogP contribution is -2.33. The fourth-order valence-electron chi connectivity index (χ4n) is 1.41. The number of hydrogen-bond donors (Lipinski definition) is 1. The van der Waals surface area contributed by atoms with Gasteiger partial charge < -0.3 is 19.6 Å². The molecule has 0 aliphatic rings. The van der Waals surface area contributed by atoms with Gasteiger partial charge in [-0.2, -0.15) is 0 Å². The van der Waals surface area contributed by atoms with Crippen molar-refractivity contribution in [1.82, 2.24) is 0 Å². The summed E-state index contributed by atoms with van der Waals surface area (Å²) in [7, 11) is 2.55. The van der Waals surface area contributed by atoms with Crippen molar-refractivity contribution in [1.29, 1.82) is 0 Å². The molecular weight excluding hydrogens is 226 g/mol. The quantitative estimate of drug-likeness (QED) is 0.768. The van der Waals surface area contributed by atoms with E-state index in [0.29, 0.717) is 17.1 Å². The van der Waals surface area contributed by atoms with Crippen LogP contribution < -0.4 is 5.73 Å². The fraction of sp³-hybridized carbons (Fsp3) is 0.455. The summed E-state index contributed by atoms with van der Waals surface area (Å²) in [6.07, 6.45) is 0.171. The van der Waals surface area contributed by atoms with Crippen LogP contribution in [-0.2, 0) is 20.7 Å². The molecule has 94 valence electrons. The van der Waals surface area contributed by atoms with Gasteiger partial charge in [0.05, 0.1) is 14.2 Å². The number of methoxy groups -OCH3 is 2. The minimum Gasteiger partial charge on any atom is -0.468 e. The number of esters is 2. The molecule has 0 aliphatic heterocycles. The summed E-state index contributed by atoms with van der Waals surface area (Å²) in [6.45, 7) is 1.64. The molecule has 6 heteroatoms. The molecule has 0 amide bonds. The molecule has 0 saturated heterocycles. The van der Waals surface area contributed by atoms with Crippen LogP contribution in [0.15, 0.2) is 10.5 Å². The Kier molecular flexibility index (Phi) is 4.28. The summed E-state index contributed by atoms with van der Waals surface area (Å²) in [4.78, 5) is 22.4. The van der Waals surface area contributed by atoms with Crippen molar-refractivity contribution in [2.75, 3.05) is 14.2 Å². The summed E-state index contributed by atoms with van der Waals surface area (Å²) >= 11 is 0. The molecule has 0 spiro atoms. The van der Waals surface area contributed by atoms with Crippen LogP contribution in [0.3, 0.4) is 0 Å². The van der Waals surface area contributed by atoms with Gasteiger partial charge in [-0.1, -0.05) is 0 Å². The second kappa shape index (κ2) is 5.49. The Labute approximate surface area is 98.7 Å². The molecule has 0 fully saturated rings. The van der Waals surface area contributed by atoms with Crippen molar-refractivity contribution in [2.45, 2.75) is 19.4 Å². The molecule has 0 bridgehead atoms. The largest absolute Gasteiger partial charge is 0.468 e. The second-order valence-corrected chi connectivity index (χ2v) is 3.51. The standard InChI is InChI=1S/C11H15NO5/c1-6-8(10(13)15-2)4-7(17-6)5-9(12)11(14)16-3/h4,9H,5,12H2,1-3H3. The molecule has 1 aromatic rings. The van der Waals surface area contributed by atoms with E-state index in [1.54, 1.807) is 6.92 Å². The zero-order chi connectivity index (χ0) is 13.0. The zero-order valence-electron chi connectivity index (χ0n) is 9.98. The van der Waals surface area contributed by atoms with E-state index >= 15 is 0 Å². The van der Waals surface area contributed by atoms with Gasteiger partial charge in [-0.3, -0.25) is 4.79 Å². The SMILES string of the molecule is COC(=O)c1cc(CC(N)C(=O)OC)oc1C. The van der Waals surface area contributed by atoms with E-state index in [0.717, 1.165) is 0 Å². The van der Waals surface area contributed by atoms with Gasteiger partial charge in [-0.15, -0.1) is 0 Å². The van der Waals surface area contributed by atoms with Crippen LogP contribution in [0.4, 0.5) is 0 Å². The lowest BCUT2D eigenvalue weighted by atomic mass is 10.1. The van der Waals surface area contributed by atoms with Gasteiger partial charge >= 0.3 is 11.9 Å². The van der Waals surface area contributed by atoms with Crippen LogP contribution in [0.25, 0.3) is 0 Å². The molecule has 6 nitrogen and oxygen atoms in total. The molecule has 0 saturated carbocycles. The number of carbonyl (C=O) groups excluding carboxylic acids is 2. The smallest absolute Gasteiger partial charge is 0.341 e. The average Bonchev–Trinajstić information content (AvgIpc) is 2.67. The van der Waals surface area contributed by atoms with Crippen molar-refractivity contribution in [3.05, 3.63) is 23.2 Å². The molecule has 1 aromatic heterocycles. The molecule has 1 rings (SSSR count). The Morgan fingerprint density at radius 1 is 1.41 bits per heavy atom. The lowest BCUT2D eigenvalue weighted by Gasteiger charge is -2.06. The molecule has 1 atom stereocenters. The van der Waals surface area contributed by atoms with Crippen LogP contribution in [0, 0.1) is 6.92 Å². The molecule has 0 radical (unpaired) electrons. The lowest BCUT2D eigenvalue weighted by molar-refractivity contribution is -0.142. The van der Waals surface area contributed by atoms with Crippen molar-refractivity contribution in [3.63, 3.8) is 0 Å². The summed E-state index contributed by atoms with van der Waals surface area (Å²) in [5, 5.41) is 0. The Hall–Kier alpha value is -1.82. The highest BCUT2D eigenvalue weighted by atomic mass is 16.5. The highest BCUT2D eigenvalue weighted by Gasteiger charge is 2.20. The zero-order valence-corrected chi connectivity index (χ0v) is 9.98. The van der Waals surface area contributed by atoms with Gasteiger partial charge in [0.2, 0.25) is 0 Å².